The molecule has 0 aromatic carbocycles. The maximum Gasteiger partial charge on any atom is 0.0895 e. The first-order valence-electron chi connectivity index (χ1n) is 5.51. The standard InChI is InChI=1S/C10H18N4S/c1-11-6-9-2-4-14(5-3-9)7-10-8-15-13-12-10/h8-9,11H,2-7H2,1H3. The molecule has 1 aliphatic rings. The van der Waals surface area contributed by atoms with Crippen molar-refractivity contribution in [2.75, 3.05) is 26.7 Å². The molecule has 0 saturated carbocycles. The molecule has 0 radical (unpaired) electrons. The van der Waals surface area contributed by atoms with Gasteiger partial charge in [0.1, 0.15) is 0 Å². The fourth-order valence-electron chi connectivity index (χ4n) is 2.12. The van der Waals surface area contributed by atoms with E-state index in [9.17, 15) is 0 Å². The monoisotopic (exact) mass is 226 g/mol. The Bertz CT molecular complexity index is 267. The van der Waals surface area contributed by atoms with Crippen LogP contribution >= 0.6 is 11.5 Å². The first kappa shape index (κ1) is 11.0. The van der Waals surface area contributed by atoms with Crippen molar-refractivity contribution in [3.63, 3.8) is 0 Å². The van der Waals surface area contributed by atoms with E-state index in [1.807, 2.05) is 12.4 Å². The van der Waals surface area contributed by atoms with Crippen molar-refractivity contribution >= 4 is 11.5 Å². The van der Waals surface area contributed by atoms with E-state index in [-0.39, 0.29) is 0 Å². The van der Waals surface area contributed by atoms with E-state index in [0.717, 1.165) is 24.7 Å². The Balaban J connectivity index is 1.74. The summed E-state index contributed by atoms with van der Waals surface area (Å²) >= 11 is 1.44. The molecule has 0 spiro atoms. The van der Waals surface area contributed by atoms with Crippen LogP contribution in [-0.4, -0.2) is 41.2 Å². The normalized spacial score (nSPS) is 19.5. The first-order valence-corrected chi connectivity index (χ1v) is 6.35. The smallest absolute Gasteiger partial charge is 0.0895 e. The summed E-state index contributed by atoms with van der Waals surface area (Å²) in [6.45, 7) is 4.53. The van der Waals surface area contributed by atoms with Gasteiger partial charge in [0.15, 0.2) is 0 Å². The Kier molecular flexibility index (Phi) is 4.05. The molecule has 1 N–H and O–H groups in total. The molecule has 1 aromatic heterocycles. The van der Waals surface area contributed by atoms with Crippen LogP contribution in [0.2, 0.25) is 0 Å². The minimum absolute atomic E-state index is 0.861. The molecular weight excluding hydrogens is 208 g/mol. The number of hydrogen-bond donors (Lipinski definition) is 1. The number of rotatable bonds is 4. The Labute approximate surface area is 94.8 Å². The second kappa shape index (κ2) is 5.53. The highest BCUT2D eigenvalue weighted by atomic mass is 32.1. The molecule has 1 saturated heterocycles. The van der Waals surface area contributed by atoms with Crippen LogP contribution in [-0.2, 0) is 6.54 Å². The number of likely N-dealkylation sites (tertiary alicyclic amines) is 1. The molecule has 0 amide bonds. The third kappa shape index (κ3) is 3.22. The van der Waals surface area contributed by atoms with Gasteiger partial charge in [0.2, 0.25) is 0 Å². The van der Waals surface area contributed by atoms with Crippen molar-refractivity contribution in [2.24, 2.45) is 5.92 Å². The molecule has 1 aliphatic heterocycles. The van der Waals surface area contributed by atoms with E-state index in [2.05, 4.69) is 19.8 Å². The second-order valence-electron chi connectivity index (χ2n) is 4.17. The van der Waals surface area contributed by atoms with Gasteiger partial charge in [-0.25, -0.2) is 0 Å². The lowest BCUT2D eigenvalue weighted by Gasteiger charge is -2.31. The third-order valence-corrected chi connectivity index (χ3v) is 3.54. The van der Waals surface area contributed by atoms with Gasteiger partial charge in [-0.1, -0.05) is 4.49 Å². The average molecular weight is 226 g/mol. The Morgan fingerprint density at radius 1 is 1.53 bits per heavy atom. The molecule has 5 heteroatoms. The predicted octanol–water partition coefficient (Wildman–Crippen LogP) is 0.969. The fourth-order valence-corrected chi connectivity index (χ4v) is 2.56. The Morgan fingerprint density at radius 3 is 2.93 bits per heavy atom. The molecule has 0 unspecified atom stereocenters. The third-order valence-electron chi connectivity index (χ3n) is 2.99. The van der Waals surface area contributed by atoms with Gasteiger partial charge in [0.25, 0.3) is 0 Å². The molecule has 2 rings (SSSR count). The fraction of sp³-hybridized carbons (Fsp3) is 0.800. The summed E-state index contributed by atoms with van der Waals surface area (Å²) in [6.07, 6.45) is 2.61. The maximum atomic E-state index is 4.08. The van der Waals surface area contributed by atoms with Gasteiger partial charge in [0.05, 0.1) is 5.69 Å². The highest BCUT2D eigenvalue weighted by Gasteiger charge is 2.18. The van der Waals surface area contributed by atoms with Crippen molar-refractivity contribution < 1.29 is 0 Å². The van der Waals surface area contributed by atoms with E-state index in [4.69, 9.17) is 0 Å². The molecule has 15 heavy (non-hydrogen) atoms. The van der Waals surface area contributed by atoms with Crippen molar-refractivity contribution in [3.8, 4) is 0 Å². The van der Waals surface area contributed by atoms with Gasteiger partial charge in [-0.05, 0) is 57.0 Å². The zero-order chi connectivity index (χ0) is 10.5. The van der Waals surface area contributed by atoms with Crippen LogP contribution in [0.25, 0.3) is 0 Å². The van der Waals surface area contributed by atoms with Gasteiger partial charge in [-0.15, -0.1) is 5.10 Å². The largest absolute Gasteiger partial charge is 0.319 e. The van der Waals surface area contributed by atoms with E-state index in [1.54, 1.807) is 0 Å². The van der Waals surface area contributed by atoms with Crippen LogP contribution in [0.1, 0.15) is 18.5 Å². The molecule has 84 valence electrons. The SMILES string of the molecule is CNCC1CCN(Cc2csnn2)CC1. The van der Waals surface area contributed by atoms with Gasteiger partial charge in [-0.3, -0.25) is 4.90 Å². The van der Waals surface area contributed by atoms with Crippen LogP contribution in [0.5, 0.6) is 0 Å². The predicted molar refractivity (Wildman–Crippen MR) is 61.8 cm³/mol. The van der Waals surface area contributed by atoms with Crippen LogP contribution in [0.15, 0.2) is 5.38 Å². The van der Waals surface area contributed by atoms with E-state index in [0.29, 0.717) is 0 Å². The van der Waals surface area contributed by atoms with Crippen molar-refractivity contribution in [3.05, 3.63) is 11.1 Å². The summed E-state index contributed by atoms with van der Waals surface area (Å²) in [5.41, 5.74) is 1.12. The highest BCUT2D eigenvalue weighted by Crippen LogP contribution is 2.17. The Hall–Kier alpha value is -0.520. The van der Waals surface area contributed by atoms with Crippen LogP contribution in [0, 0.1) is 5.92 Å². The highest BCUT2D eigenvalue weighted by molar-refractivity contribution is 7.03. The number of nitrogens with one attached hydrogen (secondary N) is 1. The van der Waals surface area contributed by atoms with E-state index in [1.165, 1.54) is 37.5 Å². The maximum absolute atomic E-state index is 4.08. The van der Waals surface area contributed by atoms with Crippen LogP contribution < -0.4 is 5.32 Å². The average Bonchev–Trinajstić information content (AvgIpc) is 2.74. The van der Waals surface area contributed by atoms with Gasteiger partial charge in [0, 0.05) is 11.9 Å². The Morgan fingerprint density at radius 2 is 2.33 bits per heavy atom. The summed E-state index contributed by atoms with van der Waals surface area (Å²) < 4.78 is 3.89. The van der Waals surface area contributed by atoms with Gasteiger partial charge in [-0.2, -0.15) is 0 Å². The summed E-state index contributed by atoms with van der Waals surface area (Å²) in [6, 6.07) is 0. The minimum atomic E-state index is 0.861. The molecule has 2 heterocycles. The lowest BCUT2D eigenvalue weighted by molar-refractivity contribution is 0.175. The van der Waals surface area contributed by atoms with Crippen LogP contribution in [0.4, 0.5) is 0 Å². The summed E-state index contributed by atoms with van der Waals surface area (Å²) in [5.74, 6) is 0.861. The van der Waals surface area contributed by atoms with Crippen molar-refractivity contribution in [1.29, 1.82) is 0 Å². The van der Waals surface area contributed by atoms with Crippen molar-refractivity contribution in [2.45, 2.75) is 19.4 Å². The number of hydrogen-bond acceptors (Lipinski definition) is 5. The zero-order valence-corrected chi connectivity index (χ0v) is 9.96. The van der Waals surface area contributed by atoms with Crippen molar-refractivity contribution in [1.82, 2.24) is 19.8 Å². The molecule has 0 atom stereocenters. The summed E-state index contributed by atoms with van der Waals surface area (Å²) in [7, 11) is 2.04. The number of nitrogens with zero attached hydrogens (tertiary/aromatic N) is 3. The van der Waals surface area contributed by atoms with Gasteiger partial charge >= 0.3 is 0 Å². The molecule has 1 fully saturated rings. The van der Waals surface area contributed by atoms with Crippen LogP contribution in [0.3, 0.4) is 0 Å². The second-order valence-corrected chi connectivity index (χ2v) is 4.78. The molecule has 0 bridgehead atoms. The minimum Gasteiger partial charge on any atom is -0.319 e. The topological polar surface area (TPSA) is 41.0 Å². The quantitative estimate of drug-likeness (QED) is 0.830. The molecule has 0 aliphatic carbocycles. The lowest BCUT2D eigenvalue weighted by atomic mass is 9.97. The first-order chi connectivity index (χ1) is 7.38. The number of piperidine rings is 1. The van der Waals surface area contributed by atoms with Gasteiger partial charge < -0.3 is 5.32 Å². The molecular formula is C10H18N4S. The zero-order valence-electron chi connectivity index (χ0n) is 9.15. The number of aromatic nitrogens is 2. The summed E-state index contributed by atoms with van der Waals surface area (Å²) in [5, 5.41) is 9.38. The molecule has 1 aromatic rings. The van der Waals surface area contributed by atoms with E-state index < -0.39 is 0 Å². The van der Waals surface area contributed by atoms with E-state index >= 15 is 0 Å². The molecule has 4 nitrogen and oxygen atoms in total. The summed E-state index contributed by atoms with van der Waals surface area (Å²) in [4.78, 5) is 2.48. The lowest BCUT2D eigenvalue weighted by Crippen LogP contribution is -2.36.